The number of aryl methyl sites for hydroxylation is 1. The third kappa shape index (κ3) is 4.91. The molecule has 2 N–H and O–H groups in total. The van der Waals surface area contributed by atoms with E-state index >= 15 is 0 Å². The molecule has 0 radical (unpaired) electrons. The lowest BCUT2D eigenvalue weighted by Gasteiger charge is -2.21. The number of nitrogens with one attached hydrogen (secondary N) is 2. The van der Waals surface area contributed by atoms with Crippen LogP contribution in [-0.4, -0.2) is 39.9 Å². The molecule has 5 heteroatoms. The molecule has 1 fully saturated rings. The van der Waals surface area contributed by atoms with E-state index in [0.29, 0.717) is 12.1 Å². The van der Waals surface area contributed by atoms with E-state index in [0.717, 1.165) is 18.8 Å². The number of aromatic nitrogens is 3. The molecule has 5 nitrogen and oxygen atoms in total. The first-order valence-corrected chi connectivity index (χ1v) is 7.55. The Labute approximate surface area is 116 Å². The minimum absolute atomic E-state index is 0.559. The Balaban J connectivity index is 1.63. The minimum atomic E-state index is 0.559. The lowest BCUT2D eigenvalue weighted by atomic mass is 10.0. The maximum Gasteiger partial charge on any atom is 0.133 e. The zero-order valence-corrected chi connectivity index (χ0v) is 12.2. The molecule has 1 aromatic heterocycles. The summed E-state index contributed by atoms with van der Waals surface area (Å²) in [4.78, 5) is 0. The van der Waals surface area contributed by atoms with E-state index in [1.807, 2.05) is 11.6 Å². The lowest BCUT2D eigenvalue weighted by Crippen LogP contribution is -2.37. The second kappa shape index (κ2) is 7.60. The number of hydrogen-bond donors (Lipinski definition) is 2. The van der Waals surface area contributed by atoms with Gasteiger partial charge in [-0.3, -0.25) is 0 Å². The van der Waals surface area contributed by atoms with Gasteiger partial charge < -0.3 is 15.2 Å². The van der Waals surface area contributed by atoms with Crippen LogP contribution in [-0.2, 0) is 13.5 Å². The van der Waals surface area contributed by atoms with Gasteiger partial charge in [-0.05, 0) is 32.7 Å². The second-order valence-corrected chi connectivity index (χ2v) is 5.70. The van der Waals surface area contributed by atoms with Crippen molar-refractivity contribution >= 4 is 0 Å². The van der Waals surface area contributed by atoms with Crippen molar-refractivity contribution in [1.29, 1.82) is 0 Å². The molecule has 0 aromatic carbocycles. The summed E-state index contributed by atoms with van der Waals surface area (Å²) >= 11 is 0. The molecule has 2 heterocycles. The Morgan fingerprint density at radius 1 is 1.47 bits per heavy atom. The predicted octanol–water partition coefficient (Wildman–Crippen LogP) is 1.26. The van der Waals surface area contributed by atoms with Gasteiger partial charge in [0.05, 0.1) is 0 Å². The monoisotopic (exact) mass is 265 g/mol. The summed E-state index contributed by atoms with van der Waals surface area (Å²) in [6, 6.07) is 1.25. The minimum Gasteiger partial charge on any atom is -0.321 e. The number of nitrogens with zero attached hydrogens (tertiary/aromatic N) is 3. The summed E-state index contributed by atoms with van der Waals surface area (Å²) in [6.07, 6.45) is 9.35. The van der Waals surface area contributed by atoms with Crippen molar-refractivity contribution in [2.24, 2.45) is 7.05 Å². The molecule has 2 atom stereocenters. The topological polar surface area (TPSA) is 54.8 Å². The molecule has 0 aliphatic carbocycles. The molecule has 19 heavy (non-hydrogen) atoms. The molecule has 1 aromatic rings. The Hall–Kier alpha value is -0.940. The van der Waals surface area contributed by atoms with Crippen molar-refractivity contribution in [2.75, 3.05) is 13.1 Å². The van der Waals surface area contributed by atoms with Gasteiger partial charge in [-0.15, -0.1) is 10.2 Å². The van der Waals surface area contributed by atoms with Crippen molar-refractivity contribution in [2.45, 2.75) is 57.5 Å². The molecule has 1 aliphatic rings. The first kappa shape index (κ1) is 14.5. The molecule has 1 saturated heterocycles. The largest absolute Gasteiger partial charge is 0.321 e. The standard InChI is InChI=1S/C14H27N5/c1-12(10-13-6-4-3-5-8-16-13)15-9-7-14-18-17-11-19(14)2/h11-13,15-16H,3-10H2,1-2H3. The fourth-order valence-electron chi connectivity index (χ4n) is 2.78. The first-order valence-electron chi connectivity index (χ1n) is 7.55. The zero-order valence-electron chi connectivity index (χ0n) is 12.2. The van der Waals surface area contributed by atoms with Crippen molar-refractivity contribution in [3.05, 3.63) is 12.2 Å². The van der Waals surface area contributed by atoms with Crippen LogP contribution < -0.4 is 10.6 Å². The summed E-state index contributed by atoms with van der Waals surface area (Å²) in [5.41, 5.74) is 0. The van der Waals surface area contributed by atoms with Gasteiger partial charge in [0, 0.05) is 32.1 Å². The fourth-order valence-corrected chi connectivity index (χ4v) is 2.78. The summed E-state index contributed by atoms with van der Waals surface area (Å²) in [6.45, 7) is 4.44. The highest BCUT2D eigenvalue weighted by Gasteiger charge is 2.14. The summed E-state index contributed by atoms with van der Waals surface area (Å²) in [7, 11) is 1.99. The van der Waals surface area contributed by atoms with E-state index in [1.54, 1.807) is 6.33 Å². The van der Waals surface area contributed by atoms with Gasteiger partial charge in [0.25, 0.3) is 0 Å². The smallest absolute Gasteiger partial charge is 0.133 e. The maximum absolute atomic E-state index is 4.10. The molecule has 0 spiro atoms. The van der Waals surface area contributed by atoms with Crippen LogP contribution in [0.4, 0.5) is 0 Å². The van der Waals surface area contributed by atoms with Crippen LogP contribution in [0, 0.1) is 0 Å². The number of rotatable bonds is 6. The average Bonchev–Trinajstić information content (AvgIpc) is 2.65. The quantitative estimate of drug-likeness (QED) is 0.813. The third-order valence-electron chi connectivity index (χ3n) is 3.95. The third-order valence-corrected chi connectivity index (χ3v) is 3.95. The van der Waals surface area contributed by atoms with Gasteiger partial charge in [-0.2, -0.15) is 0 Å². The van der Waals surface area contributed by atoms with E-state index in [1.165, 1.54) is 38.6 Å². The van der Waals surface area contributed by atoms with Crippen LogP contribution in [0.15, 0.2) is 6.33 Å². The SMILES string of the molecule is CC(CC1CCCCCN1)NCCc1nncn1C. The summed E-state index contributed by atoms with van der Waals surface area (Å²) < 4.78 is 1.99. The molecule has 2 rings (SSSR count). The highest BCUT2D eigenvalue weighted by Crippen LogP contribution is 2.12. The van der Waals surface area contributed by atoms with Crippen LogP contribution in [0.2, 0.25) is 0 Å². The molecule has 0 amide bonds. The average molecular weight is 265 g/mol. The van der Waals surface area contributed by atoms with Gasteiger partial charge in [-0.25, -0.2) is 0 Å². The molecule has 108 valence electrons. The van der Waals surface area contributed by atoms with Gasteiger partial charge >= 0.3 is 0 Å². The second-order valence-electron chi connectivity index (χ2n) is 5.70. The fraction of sp³-hybridized carbons (Fsp3) is 0.857. The Morgan fingerprint density at radius 3 is 3.16 bits per heavy atom. The van der Waals surface area contributed by atoms with Crippen molar-refractivity contribution < 1.29 is 0 Å². The van der Waals surface area contributed by atoms with Gasteiger partial charge in [-0.1, -0.05) is 12.8 Å². The Morgan fingerprint density at radius 2 is 2.37 bits per heavy atom. The Bertz CT molecular complexity index is 354. The van der Waals surface area contributed by atoms with Crippen molar-refractivity contribution in [1.82, 2.24) is 25.4 Å². The van der Waals surface area contributed by atoms with E-state index in [-0.39, 0.29) is 0 Å². The highest BCUT2D eigenvalue weighted by atomic mass is 15.2. The van der Waals surface area contributed by atoms with Gasteiger partial charge in [0.15, 0.2) is 0 Å². The van der Waals surface area contributed by atoms with E-state index in [9.17, 15) is 0 Å². The molecule has 2 unspecified atom stereocenters. The van der Waals surface area contributed by atoms with Crippen LogP contribution in [0.5, 0.6) is 0 Å². The molecule has 0 saturated carbocycles. The molecular formula is C14H27N5. The normalized spacial score (nSPS) is 22.1. The van der Waals surface area contributed by atoms with E-state index in [4.69, 9.17) is 0 Å². The maximum atomic E-state index is 4.10. The van der Waals surface area contributed by atoms with Crippen LogP contribution in [0.25, 0.3) is 0 Å². The van der Waals surface area contributed by atoms with Crippen LogP contribution >= 0.6 is 0 Å². The van der Waals surface area contributed by atoms with Crippen molar-refractivity contribution in [3.63, 3.8) is 0 Å². The number of hydrogen-bond acceptors (Lipinski definition) is 4. The van der Waals surface area contributed by atoms with Gasteiger partial charge in [0.1, 0.15) is 12.2 Å². The van der Waals surface area contributed by atoms with Crippen LogP contribution in [0.1, 0.15) is 44.9 Å². The van der Waals surface area contributed by atoms with E-state index in [2.05, 4.69) is 27.8 Å². The molecular weight excluding hydrogens is 238 g/mol. The zero-order chi connectivity index (χ0) is 13.5. The first-order chi connectivity index (χ1) is 9.25. The predicted molar refractivity (Wildman–Crippen MR) is 77.0 cm³/mol. The van der Waals surface area contributed by atoms with Gasteiger partial charge in [0.2, 0.25) is 0 Å². The highest BCUT2D eigenvalue weighted by molar-refractivity contribution is 4.85. The molecule has 1 aliphatic heterocycles. The Kier molecular flexibility index (Phi) is 5.79. The van der Waals surface area contributed by atoms with Crippen molar-refractivity contribution in [3.8, 4) is 0 Å². The lowest BCUT2D eigenvalue weighted by molar-refractivity contribution is 0.403. The van der Waals surface area contributed by atoms with Crippen LogP contribution in [0.3, 0.4) is 0 Å². The summed E-state index contributed by atoms with van der Waals surface area (Å²) in [5.74, 6) is 1.05. The molecule has 0 bridgehead atoms. The van der Waals surface area contributed by atoms with E-state index < -0.39 is 0 Å². The summed E-state index contributed by atoms with van der Waals surface area (Å²) in [5, 5.41) is 15.3.